The first-order valence-corrected chi connectivity index (χ1v) is 20.2. The number of fused-ring (bicyclic) bond motifs is 1. The molecule has 24 nitrogen and oxygen atoms in total. The normalized spacial score (nSPS) is 22.7. The molecule has 0 radical (unpaired) electrons. The van der Waals surface area contributed by atoms with Crippen LogP contribution in [-0.2, 0) is 50.1 Å². The van der Waals surface area contributed by atoms with Crippen LogP contribution in [0.1, 0.15) is 33.4 Å². The highest BCUT2D eigenvalue weighted by Crippen LogP contribution is 2.61. The van der Waals surface area contributed by atoms with Crippen LogP contribution >= 0.6 is 35.5 Å². The predicted molar refractivity (Wildman–Crippen MR) is 174 cm³/mol. The van der Waals surface area contributed by atoms with Crippen molar-refractivity contribution in [2.45, 2.75) is 57.8 Å². The molecule has 3 heterocycles. The van der Waals surface area contributed by atoms with E-state index in [2.05, 4.69) is 34.4 Å². The van der Waals surface area contributed by atoms with Crippen molar-refractivity contribution in [2.24, 2.45) is 5.41 Å². The average molecular weight is 812 g/mol. The Labute approximate surface area is 294 Å². The van der Waals surface area contributed by atoms with Crippen LogP contribution in [0.15, 0.2) is 12.7 Å². The fraction of sp³-hybridized carbons (Fsp3) is 0.696. The Hall–Kier alpha value is -2.15. The van der Waals surface area contributed by atoms with Gasteiger partial charge in [0.1, 0.15) is 36.3 Å². The number of anilines is 1. The lowest BCUT2D eigenvalue weighted by molar-refractivity contribution is -0.137. The third-order valence-electron chi connectivity index (χ3n) is 6.79. The Morgan fingerprint density at radius 3 is 2.45 bits per heavy atom. The monoisotopic (exact) mass is 811 g/mol. The Morgan fingerprint density at radius 1 is 1.10 bits per heavy atom. The van der Waals surface area contributed by atoms with Gasteiger partial charge in [-0.2, -0.15) is 4.31 Å². The lowest BCUT2D eigenvalue weighted by atomic mass is 9.87. The number of hydrogen-bond acceptors (Lipinski definition) is 18. The Balaban J connectivity index is 1.55. The number of aliphatic hydroxyl groups excluding tert-OH is 2. The number of hydrogen-bond donors (Lipinski definition) is 9. The number of aliphatic hydroxyl groups is 2. The highest BCUT2D eigenvalue weighted by Gasteiger charge is 2.50. The lowest BCUT2D eigenvalue weighted by Crippen LogP contribution is -2.46. The summed E-state index contributed by atoms with van der Waals surface area (Å²) in [6.07, 6.45) is -6.77. The van der Waals surface area contributed by atoms with Gasteiger partial charge in [0, 0.05) is 30.7 Å². The molecule has 4 unspecified atom stereocenters. The van der Waals surface area contributed by atoms with Gasteiger partial charge in [0.05, 0.1) is 26.1 Å². The van der Waals surface area contributed by atoms with Crippen LogP contribution in [0, 0.1) is 5.41 Å². The largest absolute Gasteiger partial charge is 0.481 e. The van der Waals surface area contributed by atoms with Crippen molar-refractivity contribution < 1.29 is 79.9 Å². The average Bonchev–Trinajstić information content (AvgIpc) is 3.58. The Bertz CT molecular complexity index is 1650. The summed E-state index contributed by atoms with van der Waals surface area (Å²) >= 11 is 1.19. The van der Waals surface area contributed by atoms with Gasteiger partial charge in [-0.25, -0.2) is 28.6 Å². The van der Waals surface area contributed by atoms with Crippen molar-refractivity contribution in [3.8, 4) is 0 Å². The van der Waals surface area contributed by atoms with E-state index in [1.807, 2.05) is 6.92 Å². The zero-order valence-corrected chi connectivity index (χ0v) is 30.8. The van der Waals surface area contributed by atoms with Crippen LogP contribution in [0.4, 0.5) is 5.82 Å². The summed E-state index contributed by atoms with van der Waals surface area (Å²) in [4.78, 5) is 75.1. The molecule has 28 heteroatoms. The van der Waals surface area contributed by atoms with Crippen LogP contribution in [0.5, 0.6) is 0 Å². The number of amides is 2. The second-order valence-corrected chi connectivity index (χ2v) is 16.4. The first-order chi connectivity index (χ1) is 23.7. The van der Waals surface area contributed by atoms with Crippen LogP contribution in [0.25, 0.3) is 11.2 Å². The van der Waals surface area contributed by atoms with E-state index in [-0.39, 0.29) is 35.9 Å². The molecule has 0 aliphatic carbocycles. The Kier molecular flexibility index (Phi) is 15.5. The van der Waals surface area contributed by atoms with E-state index in [0.717, 1.165) is 17.2 Å². The van der Waals surface area contributed by atoms with Gasteiger partial charge in [0.25, 0.3) is 0 Å². The maximum atomic E-state index is 12.6. The molecule has 51 heavy (non-hydrogen) atoms. The maximum absolute atomic E-state index is 12.6. The molecule has 290 valence electrons. The lowest BCUT2D eigenvalue weighted by Gasteiger charge is -2.30. The summed E-state index contributed by atoms with van der Waals surface area (Å²) in [5, 5.41) is 26.3. The summed E-state index contributed by atoms with van der Waals surface area (Å²) in [6, 6.07) is 0. The molecule has 2 aromatic heterocycles. The summed E-state index contributed by atoms with van der Waals surface area (Å²) in [6.45, 7) is 3.07. The number of nitrogens with two attached hydrogens (primary N) is 1. The van der Waals surface area contributed by atoms with E-state index in [1.165, 1.54) is 25.9 Å². The van der Waals surface area contributed by atoms with Crippen LogP contribution < -0.4 is 16.4 Å². The number of nitrogens with zero attached hydrogens (tertiary/aromatic N) is 4. The molecule has 1 fully saturated rings. The van der Waals surface area contributed by atoms with E-state index in [0.29, 0.717) is 18.9 Å². The maximum Gasteiger partial charge on any atom is 0.481 e. The number of nitrogen functional groups attached to an aromatic ring is 1. The van der Waals surface area contributed by atoms with Crippen molar-refractivity contribution >= 4 is 64.3 Å². The van der Waals surface area contributed by atoms with Gasteiger partial charge in [-0.15, -0.1) is 0 Å². The van der Waals surface area contributed by atoms with Crippen molar-refractivity contribution in [3.05, 3.63) is 12.7 Å². The first kappa shape index (κ1) is 43.3. The highest BCUT2D eigenvalue weighted by molar-refractivity contribution is 7.94. The third-order valence-corrected chi connectivity index (χ3v) is 10.7. The second kappa shape index (κ2) is 18.3. The molecule has 0 aromatic carbocycles. The van der Waals surface area contributed by atoms with E-state index in [9.17, 15) is 53.1 Å². The van der Waals surface area contributed by atoms with Crippen molar-refractivity contribution in [1.82, 2.24) is 30.2 Å². The molecule has 2 amide bonds. The summed E-state index contributed by atoms with van der Waals surface area (Å²) < 4.78 is 67.0. The van der Waals surface area contributed by atoms with Crippen molar-refractivity contribution in [3.63, 3.8) is 0 Å². The fourth-order valence-corrected chi connectivity index (χ4v) is 7.61. The number of phosphoric acid groups is 3. The van der Waals surface area contributed by atoms with Crippen molar-refractivity contribution in [1.29, 1.82) is 0 Å². The predicted octanol–water partition coefficient (Wildman–Crippen LogP) is -0.910. The number of carbonyl (C=O) groups is 2. The number of phosphoric ester groups is 3. The van der Waals surface area contributed by atoms with Gasteiger partial charge in [0.15, 0.2) is 17.7 Å². The summed E-state index contributed by atoms with van der Waals surface area (Å²) in [5.41, 5.74) is 4.30. The molecule has 1 saturated heterocycles. The molecule has 1 aliphatic heterocycles. The van der Waals surface area contributed by atoms with E-state index < -0.39 is 78.6 Å². The van der Waals surface area contributed by atoms with E-state index >= 15 is 0 Å². The van der Waals surface area contributed by atoms with E-state index in [1.54, 1.807) is 0 Å². The minimum atomic E-state index is -5.55. The smallest absolute Gasteiger partial charge is 0.386 e. The molecular weight excluding hydrogens is 771 g/mol. The molecule has 7 atom stereocenters. The number of ether oxygens (including phenoxy) is 1. The van der Waals surface area contributed by atoms with Gasteiger partial charge in [-0.05, 0) is 19.0 Å². The molecule has 0 spiro atoms. The standard InChI is InChI=1S/C23H40N7O17P3S/c1-4-44-51-8-7-25-14(31)5-6-26-21(34)18(33)23(2,3)10-43-50(40,41)47-49(38,39)42-9-13-17(46-48(35,36)37)16(32)22(45-13)30-12-29-15-19(24)27-11-28-20(15)30/h11-13,16-18,22,32-33H,4-10H2,1-3H3,(H,25,31)(H,26,34)(H,38,39)(H,40,41)(H2,24,27,28)(H2,35,36,37)/t13-,16?,17?,18+,22-/m1/s1. The minimum Gasteiger partial charge on any atom is -0.386 e. The first-order valence-electron chi connectivity index (χ1n) is 14.8. The Morgan fingerprint density at radius 2 is 1.78 bits per heavy atom. The number of imidazole rings is 1. The molecule has 10 N–H and O–H groups in total. The van der Waals surface area contributed by atoms with Gasteiger partial charge < -0.3 is 55.1 Å². The van der Waals surface area contributed by atoms with Gasteiger partial charge in [0.2, 0.25) is 11.8 Å². The topological polar surface area (TPSA) is 356 Å². The van der Waals surface area contributed by atoms with E-state index in [4.69, 9.17) is 23.7 Å². The molecule has 3 rings (SSSR count). The molecular formula is C23H40N7O17P3S. The quantitative estimate of drug-likeness (QED) is 0.0418. The summed E-state index contributed by atoms with van der Waals surface area (Å²) in [5.74, 6) is -0.838. The zero-order chi connectivity index (χ0) is 38.2. The number of aromatic nitrogens is 4. The second-order valence-electron chi connectivity index (χ2n) is 11.3. The third kappa shape index (κ3) is 13.0. The van der Waals surface area contributed by atoms with Gasteiger partial charge >= 0.3 is 23.5 Å². The van der Waals surface area contributed by atoms with Crippen LogP contribution in [-0.4, -0.2) is 124 Å². The minimum absolute atomic E-state index is 0.0366. The SMILES string of the molecule is CCOSCCNC(=O)CCNC(=O)[C@H](O)C(C)(C)COP(=O)(O)OP(=O)(O)OC[C@H]1O[C@@H](n2cnc3c(N)ncnc32)C(O)C1OP(=O)(O)O. The highest BCUT2D eigenvalue weighted by atomic mass is 32.2. The number of rotatable bonds is 21. The van der Waals surface area contributed by atoms with Gasteiger partial charge in [-0.3, -0.25) is 27.7 Å². The molecule has 2 aromatic rings. The number of carbonyl (C=O) groups excluding carboxylic acids is 2. The summed E-state index contributed by atoms with van der Waals surface area (Å²) in [7, 11) is -16.3. The van der Waals surface area contributed by atoms with Crippen LogP contribution in [0.2, 0.25) is 0 Å². The zero-order valence-electron chi connectivity index (χ0n) is 27.3. The number of nitrogens with one attached hydrogen (secondary N) is 2. The van der Waals surface area contributed by atoms with Crippen molar-refractivity contribution in [2.75, 3.05) is 44.4 Å². The molecule has 0 bridgehead atoms. The molecule has 1 aliphatic rings. The van der Waals surface area contributed by atoms with Crippen LogP contribution in [0.3, 0.4) is 0 Å². The molecule has 0 saturated carbocycles. The fourth-order valence-electron chi connectivity index (χ4n) is 4.31. The van der Waals surface area contributed by atoms with Gasteiger partial charge in [-0.1, -0.05) is 13.8 Å².